The van der Waals surface area contributed by atoms with Gasteiger partial charge in [0.2, 0.25) is 0 Å². The average Bonchev–Trinajstić information content (AvgIpc) is 2.86. The van der Waals surface area contributed by atoms with E-state index in [1.165, 1.54) is 29.7 Å². The molecule has 0 bridgehead atoms. The molecule has 0 saturated carbocycles. The largest absolute Gasteiger partial charge is 0.307 e. The lowest BCUT2D eigenvalue weighted by molar-refractivity contribution is 0.573. The number of rotatable bonds is 4. The monoisotopic (exact) mass is 327 g/mol. The first-order valence-electron chi connectivity index (χ1n) is 6.14. The molecule has 2 aromatic rings. The fraction of sp³-hybridized carbons (Fsp3) is 0.333. The molecular formula is C12H17N5O2S2. The zero-order valence-corrected chi connectivity index (χ0v) is 13.5. The van der Waals surface area contributed by atoms with E-state index >= 15 is 0 Å². The lowest BCUT2D eigenvalue weighted by atomic mass is 9.93. The Labute approximate surface area is 127 Å². The molecule has 0 radical (unpaired) electrons. The Kier molecular flexibility index (Phi) is 4.17. The summed E-state index contributed by atoms with van der Waals surface area (Å²) in [5, 5.41) is 2.15. The highest BCUT2D eigenvalue weighted by molar-refractivity contribution is 7.93. The summed E-state index contributed by atoms with van der Waals surface area (Å²) in [5.74, 6) is 5.37. The van der Waals surface area contributed by atoms with Gasteiger partial charge < -0.3 is 5.43 Å². The van der Waals surface area contributed by atoms with E-state index in [0.29, 0.717) is 5.13 Å². The molecule has 0 aliphatic carbocycles. The highest BCUT2D eigenvalue weighted by atomic mass is 32.2. The third-order valence-electron chi connectivity index (χ3n) is 2.69. The second-order valence-electron chi connectivity index (χ2n) is 5.39. The topological polar surface area (TPSA) is 110 Å². The molecule has 9 heteroatoms. The van der Waals surface area contributed by atoms with Crippen LogP contribution in [0.5, 0.6) is 0 Å². The van der Waals surface area contributed by atoms with Crippen molar-refractivity contribution in [3.8, 4) is 0 Å². The predicted molar refractivity (Wildman–Crippen MR) is 83.7 cm³/mol. The van der Waals surface area contributed by atoms with Crippen molar-refractivity contribution < 1.29 is 8.42 Å². The Morgan fingerprint density at radius 1 is 1.33 bits per heavy atom. The van der Waals surface area contributed by atoms with Crippen molar-refractivity contribution in [1.82, 2.24) is 9.97 Å². The smallest absolute Gasteiger partial charge is 0.267 e. The third kappa shape index (κ3) is 3.49. The Hall–Kier alpha value is -1.71. The summed E-state index contributed by atoms with van der Waals surface area (Å²) in [6.07, 6.45) is 1.45. The van der Waals surface area contributed by atoms with Crippen LogP contribution in [0.3, 0.4) is 0 Å². The number of sulfonamides is 1. The van der Waals surface area contributed by atoms with Crippen molar-refractivity contribution in [2.75, 3.05) is 10.1 Å². The first-order valence-corrected chi connectivity index (χ1v) is 8.51. The number of thiazole rings is 1. The second-order valence-corrected chi connectivity index (χ2v) is 7.90. The predicted octanol–water partition coefficient (Wildman–Crippen LogP) is 1.92. The fourth-order valence-electron chi connectivity index (χ4n) is 1.55. The van der Waals surface area contributed by atoms with Gasteiger partial charge in [0.15, 0.2) is 10.9 Å². The first-order chi connectivity index (χ1) is 9.74. The standard InChI is InChI=1S/C12H17N5O2S2/c1-12(2,3)9-7-20-11(15-9)17-21(18,19)8-5-4-6-14-10(8)16-13/h4-7H,13H2,1-3H3,(H,14,16)(H,15,17). The number of nitrogens with one attached hydrogen (secondary N) is 2. The molecule has 0 fully saturated rings. The van der Waals surface area contributed by atoms with Gasteiger partial charge in [-0.1, -0.05) is 20.8 Å². The van der Waals surface area contributed by atoms with Crippen LogP contribution in [-0.4, -0.2) is 18.4 Å². The molecule has 0 spiro atoms. The van der Waals surface area contributed by atoms with Crippen LogP contribution in [0.1, 0.15) is 26.5 Å². The van der Waals surface area contributed by atoms with Crippen LogP contribution in [0.25, 0.3) is 0 Å². The highest BCUT2D eigenvalue weighted by Crippen LogP contribution is 2.28. The zero-order valence-electron chi connectivity index (χ0n) is 11.9. The van der Waals surface area contributed by atoms with Crippen molar-refractivity contribution in [3.05, 3.63) is 29.4 Å². The maximum absolute atomic E-state index is 12.4. The molecule has 2 aromatic heterocycles. The maximum atomic E-state index is 12.4. The van der Waals surface area contributed by atoms with Gasteiger partial charge in [-0.25, -0.2) is 24.2 Å². The van der Waals surface area contributed by atoms with Gasteiger partial charge in [-0.05, 0) is 12.1 Å². The lowest BCUT2D eigenvalue weighted by Crippen LogP contribution is -2.18. The molecule has 0 aliphatic heterocycles. The van der Waals surface area contributed by atoms with E-state index in [0.717, 1.165) is 5.69 Å². The molecule has 0 aromatic carbocycles. The van der Waals surface area contributed by atoms with E-state index in [1.807, 2.05) is 26.2 Å². The molecule has 0 amide bonds. The zero-order chi connectivity index (χ0) is 15.7. The van der Waals surface area contributed by atoms with Gasteiger partial charge in [0.05, 0.1) is 5.69 Å². The Morgan fingerprint density at radius 2 is 2.05 bits per heavy atom. The van der Waals surface area contributed by atoms with Crippen molar-refractivity contribution in [3.63, 3.8) is 0 Å². The van der Waals surface area contributed by atoms with E-state index in [9.17, 15) is 8.42 Å². The molecule has 0 unspecified atom stereocenters. The number of nitrogens with zero attached hydrogens (tertiary/aromatic N) is 2. The summed E-state index contributed by atoms with van der Waals surface area (Å²) in [5.41, 5.74) is 2.96. The quantitative estimate of drug-likeness (QED) is 0.584. The number of nitrogens with two attached hydrogens (primary N) is 1. The normalized spacial score (nSPS) is 12.2. The van der Waals surface area contributed by atoms with E-state index < -0.39 is 10.0 Å². The minimum absolute atomic E-state index is 0.0278. The molecule has 114 valence electrons. The van der Waals surface area contributed by atoms with Crippen LogP contribution in [0, 0.1) is 0 Å². The number of nitrogen functional groups attached to an aromatic ring is 1. The Morgan fingerprint density at radius 3 is 2.62 bits per heavy atom. The molecule has 4 N–H and O–H groups in total. The van der Waals surface area contributed by atoms with Gasteiger partial charge in [0, 0.05) is 17.0 Å². The second kappa shape index (κ2) is 5.58. The van der Waals surface area contributed by atoms with Crippen LogP contribution in [0.2, 0.25) is 0 Å². The highest BCUT2D eigenvalue weighted by Gasteiger charge is 2.22. The van der Waals surface area contributed by atoms with Crippen LogP contribution < -0.4 is 16.0 Å². The molecule has 21 heavy (non-hydrogen) atoms. The molecule has 0 atom stereocenters. The number of hydrogen-bond acceptors (Lipinski definition) is 7. The third-order valence-corrected chi connectivity index (χ3v) is 4.95. The molecule has 0 aliphatic rings. The lowest BCUT2D eigenvalue weighted by Gasteiger charge is -2.14. The molecule has 2 heterocycles. The number of anilines is 2. The first kappa shape index (κ1) is 15.7. The molecule has 0 saturated heterocycles. The van der Waals surface area contributed by atoms with E-state index in [2.05, 4.69) is 20.1 Å². The van der Waals surface area contributed by atoms with Crippen LogP contribution in [-0.2, 0) is 15.4 Å². The summed E-state index contributed by atoms with van der Waals surface area (Å²) >= 11 is 1.24. The van der Waals surface area contributed by atoms with E-state index in [4.69, 9.17) is 5.84 Å². The summed E-state index contributed by atoms with van der Waals surface area (Å²) in [6.45, 7) is 6.04. The van der Waals surface area contributed by atoms with Crippen LogP contribution in [0.4, 0.5) is 10.9 Å². The number of aromatic nitrogens is 2. The summed E-state index contributed by atoms with van der Waals surface area (Å²) in [7, 11) is -3.80. The molecule has 7 nitrogen and oxygen atoms in total. The Balaban J connectivity index is 2.32. The Bertz CT molecular complexity index is 734. The molecule has 2 rings (SSSR count). The minimum Gasteiger partial charge on any atom is -0.307 e. The van der Waals surface area contributed by atoms with Crippen molar-refractivity contribution >= 4 is 32.3 Å². The summed E-state index contributed by atoms with van der Waals surface area (Å²) < 4.78 is 27.2. The van der Waals surface area contributed by atoms with Gasteiger partial charge in [0.1, 0.15) is 4.90 Å². The van der Waals surface area contributed by atoms with Crippen LogP contribution >= 0.6 is 11.3 Å². The average molecular weight is 327 g/mol. The number of hydrogen-bond donors (Lipinski definition) is 3. The molecular weight excluding hydrogens is 310 g/mol. The summed E-state index contributed by atoms with van der Waals surface area (Å²) in [4.78, 5) is 8.15. The SMILES string of the molecule is CC(C)(C)c1csc(NS(=O)(=O)c2cccnc2NN)n1. The van der Waals surface area contributed by atoms with Gasteiger partial charge in [-0.3, -0.25) is 4.72 Å². The summed E-state index contributed by atoms with van der Waals surface area (Å²) in [6, 6.07) is 2.95. The van der Waals surface area contributed by atoms with Gasteiger partial charge in [-0.2, -0.15) is 0 Å². The van der Waals surface area contributed by atoms with Crippen molar-refractivity contribution in [1.29, 1.82) is 0 Å². The van der Waals surface area contributed by atoms with Crippen molar-refractivity contribution in [2.45, 2.75) is 31.1 Å². The number of hydrazine groups is 1. The van der Waals surface area contributed by atoms with E-state index in [1.54, 1.807) is 0 Å². The minimum atomic E-state index is -3.80. The van der Waals surface area contributed by atoms with Gasteiger partial charge >= 0.3 is 0 Å². The maximum Gasteiger partial charge on any atom is 0.267 e. The fourth-order valence-corrected chi connectivity index (χ4v) is 3.86. The van der Waals surface area contributed by atoms with Gasteiger partial charge in [0.25, 0.3) is 10.0 Å². The number of pyridine rings is 1. The van der Waals surface area contributed by atoms with Crippen molar-refractivity contribution in [2.24, 2.45) is 5.84 Å². The van der Waals surface area contributed by atoms with Crippen LogP contribution in [0.15, 0.2) is 28.6 Å². The van der Waals surface area contributed by atoms with Gasteiger partial charge in [-0.15, -0.1) is 11.3 Å². The van der Waals surface area contributed by atoms with E-state index in [-0.39, 0.29) is 16.1 Å².